The third-order valence-corrected chi connectivity index (χ3v) is 3.51. The maximum absolute atomic E-state index is 11.9. The van der Waals surface area contributed by atoms with E-state index in [1.165, 1.54) is 19.3 Å². The molecule has 1 saturated carbocycles. The number of nitrogens with two attached hydrogens (primary N) is 1. The topological polar surface area (TPSA) is 46.3 Å². The Hall–Kier alpha value is -0.830. The molecule has 0 aromatic heterocycles. The maximum atomic E-state index is 11.9. The fraction of sp³-hybridized carbons (Fsp3) is 0.769. The lowest BCUT2D eigenvalue weighted by molar-refractivity contribution is -0.129. The van der Waals surface area contributed by atoms with Crippen LogP contribution in [0.15, 0.2) is 12.2 Å². The average Bonchev–Trinajstić information content (AvgIpc) is 2.31. The van der Waals surface area contributed by atoms with Crippen LogP contribution in [0.5, 0.6) is 0 Å². The first-order valence-corrected chi connectivity index (χ1v) is 6.37. The summed E-state index contributed by atoms with van der Waals surface area (Å²) >= 11 is 0. The highest BCUT2D eigenvalue weighted by Crippen LogP contribution is 2.27. The van der Waals surface area contributed by atoms with Gasteiger partial charge >= 0.3 is 0 Å². The minimum atomic E-state index is 0.135. The van der Waals surface area contributed by atoms with Crippen LogP contribution in [0.1, 0.15) is 39.5 Å². The molecule has 0 aromatic rings. The fourth-order valence-electron chi connectivity index (χ4n) is 2.67. The van der Waals surface area contributed by atoms with Crippen LogP contribution in [-0.2, 0) is 4.79 Å². The molecule has 16 heavy (non-hydrogen) atoms. The highest BCUT2D eigenvalue weighted by molar-refractivity contribution is 5.87. The molecule has 92 valence electrons. The Kier molecular flexibility index (Phi) is 5.53. The van der Waals surface area contributed by atoms with Crippen LogP contribution in [0.4, 0.5) is 0 Å². The van der Waals surface area contributed by atoms with Crippen molar-refractivity contribution >= 4 is 5.91 Å². The number of hydrogen-bond donors (Lipinski definition) is 1. The summed E-state index contributed by atoms with van der Waals surface area (Å²) in [6, 6.07) is 0.354. The van der Waals surface area contributed by atoms with Crippen molar-refractivity contribution in [2.24, 2.45) is 11.7 Å². The van der Waals surface area contributed by atoms with Gasteiger partial charge in [-0.15, -0.1) is 0 Å². The molecule has 0 aliphatic heterocycles. The Morgan fingerprint density at radius 2 is 2.12 bits per heavy atom. The Morgan fingerprint density at radius 3 is 2.69 bits per heavy atom. The summed E-state index contributed by atoms with van der Waals surface area (Å²) in [6.45, 7) is 5.41. The van der Waals surface area contributed by atoms with E-state index >= 15 is 0 Å². The summed E-state index contributed by atoms with van der Waals surface area (Å²) in [7, 11) is 0. The molecular weight excluding hydrogens is 200 g/mol. The highest BCUT2D eigenvalue weighted by Gasteiger charge is 2.30. The minimum absolute atomic E-state index is 0.135. The monoisotopic (exact) mass is 224 g/mol. The molecule has 0 radical (unpaired) electrons. The second-order valence-corrected chi connectivity index (χ2v) is 4.47. The van der Waals surface area contributed by atoms with Crippen molar-refractivity contribution in [2.75, 3.05) is 13.1 Å². The van der Waals surface area contributed by atoms with Crippen LogP contribution >= 0.6 is 0 Å². The molecule has 1 aliphatic carbocycles. The van der Waals surface area contributed by atoms with Crippen molar-refractivity contribution < 1.29 is 4.79 Å². The Bertz CT molecular complexity index is 250. The predicted molar refractivity (Wildman–Crippen MR) is 67.0 cm³/mol. The van der Waals surface area contributed by atoms with Gasteiger partial charge < -0.3 is 10.6 Å². The van der Waals surface area contributed by atoms with Gasteiger partial charge in [0.25, 0.3) is 0 Å². The molecular formula is C13H24N2O. The van der Waals surface area contributed by atoms with Gasteiger partial charge in [-0.25, -0.2) is 0 Å². The molecule has 2 unspecified atom stereocenters. The van der Waals surface area contributed by atoms with E-state index in [0.29, 0.717) is 18.5 Å². The third-order valence-electron chi connectivity index (χ3n) is 3.51. The zero-order valence-electron chi connectivity index (χ0n) is 10.5. The molecule has 3 nitrogen and oxygen atoms in total. The van der Waals surface area contributed by atoms with E-state index in [2.05, 4.69) is 0 Å². The van der Waals surface area contributed by atoms with Crippen LogP contribution in [0.2, 0.25) is 0 Å². The van der Waals surface area contributed by atoms with Crippen LogP contribution in [-0.4, -0.2) is 29.9 Å². The van der Waals surface area contributed by atoms with E-state index in [-0.39, 0.29) is 5.91 Å². The van der Waals surface area contributed by atoms with E-state index in [4.69, 9.17) is 5.73 Å². The average molecular weight is 224 g/mol. The molecule has 0 heterocycles. The number of hydrogen-bond acceptors (Lipinski definition) is 2. The number of amides is 1. The number of allylic oxidation sites excluding steroid dienone is 1. The summed E-state index contributed by atoms with van der Waals surface area (Å²) in [4.78, 5) is 13.9. The van der Waals surface area contributed by atoms with Crippen LogP contribution < -0.4 is 5.73 Å². The van der Waals surface area contributed by atoms with Crippen LogP contribution in [0.25, 0.3) is 0 Å². The van der Waals surface area contributed by atoms with E-state index in [1.54, 1.807) is 6.08 Å². The molecule has 0 aromatic carbocycles. The first kappa shape index (κ1) is 13.2. The summed E-state index contributed by atoms with van der Waals surface area (Å²) in [6.07, 6.45) is 8.23. The lowest BCUT2D eigenvalue weighted by atomic mass is 9.83. The number of carbonyl (C=O) groups excluding carboxylic acids is 1. The summed E-state index contributed by atoms with van der Waals surface area (Å²) in [5, 5.41) is 0. The van der Waals surface area contributed by atoms with Gasteiger partial charge in [0, 0.05) is 12.6 Å². The van der Waals surface area contributed by atoms with Gasteiger partial charge in [0.05, 0.1) is 0 Å². The van der Waals surface area contributed by atoms with E-state index in [1.807, 2.05) is 24.8 Å². The third kappa shape index (κ3) is 3.08. The fourth-order valence-corrected chi connectivity index (χ4v) is 2.67. The quantitative estimate of drug-likeness (QED) is 0.742. The first-order valence-electron chi connectivity index (χ1n) is 6.37. The minimum Gasteiger partial charge on any atom is -0.336 e. The molecule has 0 spiro atoms. The first-order chi connectivity index (χ1) is 7.74. The maximum Gasteiger partial charge on any atom is 0.246 e. The van der Waals surface area contributed by atoms with Crippen molar-refractivity contribution in [3.05, 3.63) is 12.2 Å². The SMILES string of the molecule is CC=CC(=O)N(CC)C1CCCCC1CN. The Balaban J connectivity index is 2.72. The number of nitrogens with zero attached hydrogens (tertiary/aromatic N) is 1. The van der Waals surface area contributed by atoms with Crippen LogP contribution in [0, 0.1) is 5.92 Å². The molecule has 0 saturated heterocycles. The normalized spacial score (nSPS) is 25.9. The molecule has 0 bridgehead atoms. The Labute approximate surface area is 98.7 Å². The summed E-state index contributed by atoms with van der Waals surface area (Å²) < 4.78 is 0. The highest BCUT2D eigenvalue weighted by atomic mass is 16.2. The zero-order chi connectivity index (χ0) is 12.0. The molecule has 2 N–H and O–H groups in total. The molecule has 1 aliphatic rings. The predicted octanol–water partition coefficient (Wildman–Crippen LogP) is 1.93. The van der Waals surface area contributed by atoms with Crippen LogP contribution in [0.3, 0.4) is 0 Å². The van der Waals surface area contributed by atoms with Gasteiger partial charge in [0.1, 0.15) is 0 Å². The standard InChI is InChI=1S/C13H24N2O/c1-3-7-13(16)15(4-2)12-9-6-5-8-11(12)10-14/h3,7,11-12H,4-6,8-10,14H2,1-2H3. The van der Waals surface area contributed by atoms with Gasteiger partial charge in [0.2, 0.25) is 5.91 Å². The summed E-state index contributed by atoms with van der Waals surface area (Å²) in [5.41, 5.74) is 5.80. The van der Waals surface area contributed by atoms with E-state index < -0.39 is 0 Å². The van der Waals surface area contributed by atoms with Gasteiger partial charge in [-0.3, -0.25) is 4.79 Å². The second-order valence-electron chi connectivity index (χ2n) is 4.47. The number of rotatable bonds is 4. The van der Waals surface area contributed by atoms with Crippen molar-refractivity contribution in [3.63, 3.8) is 0 Å². The second kappa shape index (κ2) is 6.69. The zero-order valence-corrected chi connectivity index (χ0v) is 10.5. The van der Waals surface area contributed by atoms with Crippen molar-refractivity contribution in [1.29, 1.82) is 0 Å². The number of likely N-dealkylation sites (N-methyl/N-ethyl adjacent to an activating group) is 1. The molecule has 2 atom stereocenters. The smallest absolute Gasteiger partial charge is 0.246 e. The Morgan fingerprint density at radius 1 is 1.44 bits per heavy atom. The largest absolute Gasteiger partial charge is 0.336 e. The van der Waals surface area contributed by atoms with Gasteiger partial charge in [-0.2, -0.15) is 0 Å². The van der Waals surface area contributed by atoms with Gasteiger partial charge in [0.15, 0.2) is 0 Å². The number of carbonyl (C=O) groups is 1. The van der Waals surface area contributed by atoms with Crippen molar-refractivity contribution in [1.82, 2.24) is 4.90 Å². The molecule has 3 heteroatoms. The molecule has 1 rings (SSSR count). The van der Waals surface area contributed by atoms with Gasteiger partial charge in [-0.05, 0) is 45.2 Å². The lowest BCUT2D eigenvalue weighted by Gasteiger charge is -2.38. The van der Waals surface area contributed by atoms with Gasteiger partial charge in [-0.1, -0.05) is 18.9 Å². The van der Waals surface area contributed by atoms with E-state index in [9.17, 15) is 4.79 Å². The lowest BCUT2D eigenvalue weighted by Crippen LogP contribution is -2.47. The van der Waals surface area contributed by atoms with Crippen molar-refractivity contribution in [2.45, 2.75) is 45.6 Å². The molecule has 1 amide bonds. The molecule has 1 fully saturated rings. The van der Waals surface area contributed by atoms with Crippen molar-refractivity contribution in [3.8, 4) is 0 Å². The summed E-state index contributed by atoms with van der Waals surface area (Å²) in [5.74, 6) is 0.623. The van der Waals surface area contributed by atoms with E-state index in [0.717, 1.165) is 13.0 Å².